The number of hydrogen-bond acceptors (Lipinski definition) is 5. The summed E-state index contributed by atoms with van der Waals surface area (Å²) < 4.78 is 20.7. The lowest BCUT2D eigenvalue weighted by Crippen LogP contribution is -2.67. The van der Waals surface area contributed by atoms with Crippen molar-refractivity contribution in [3.05, 3.63) is 72.3 Å². The summed E-state index contributed by atoms with van der Waals surface area (Å²) in [5.74, 6) is 0.292. The number of hydrogen-bond donors (Lipinski definition) is 1. The SMILES string of the molecule is COC(=O)[C@@H]1CCC2=CC[C@@H]3[C@H](CO[Si](c4ccccc4)(c4ccccc4)C(C)(C)C)C[C@@]4(C(O[Si](C)(C)C(C)(C)C)CC[C@H](O)[C@@H]14)[C@H]23. The van der Waals surface area contributed by atoms with Crippen molar-refractivity contribution in [2.75, 3.05) is 13.7 Å². The van der Waals surface area contributed by atoms with Gasteiger partial charge in [0.1, 0.15) is 0 Å². The maximum absolute atomic E-state index is 13.6. The van der Waals surface area contributed by atoms with Crippen molar-refractivity contribution in [1.82, 2.24) is 0 Å². The molecule has 1 spiro atoms. The maximum atomic E-state index is 13.6. The molecule has 4 aliphatic carbocycles. The molecule has 4 aliphatic rings. The first-order valence-corrected chi connectivity index (χ1v) is 23.3. The van der Waals surface area contributed by atoms with E-state index in [4.69, 9.17) is 13.6 Å². The van der Waals surface area contributed by atoms with Crippen molar-refractivity contribution < 1.29 is 23.5 Å². The summed E-state index contributed by atoms with van der Waals surface area (Å²) in [7, 11) is -3.41. The lowest BCUT2D eigenvalue weighted by Gasteiger charge is -2.56. The first kappa shape index (κ1) is 35.8. The van der Waals surface area contributed by atoms with Crippen molar-refractivity contribution in [3.8, 4) is 0 Å². The lowest BCUT2D eigenvalue weighted by atomic mass is 9.54. The molecule has 2 aromatic carbocycles. The van der Waals surface area contributed by atoms with Gasteiger partial charge in [-0.2, -0.15) is 0 Å². The second kappa shape index (κ2) is 12.9. The average Bonchev–Trinajstić information content (AvgIpc) is 3.55. The molecule has 0 bridgehead atoms. The smallest absolute Gasteiger partial charge is 0.309 e. The first-order chi connectivity index (χ1) is 22.6. The van der Waals surface area contributed by atoms with Gasteiger partial charge in [0.2, 0.25) is 0 Å². The number of aliphatic hydroxyl groups is 1. The van der Waals surface area contributed by atoms with Gasteiger partial charge in [0.25, 0.3) is 8.32 Å². The molecular formula is C41H60O5Si2. The largest absolute Gasteiger partial charge is 0.469 e. The highest BCUT2D eigenvalue weighted by Gasteiger charge is 2.69. The minimum Gasteiger partial charge on any atom is -0.469 e. The quantitative estimate of drug-likeness (QED) is 0.174. The summed E-state index contributed by atoms with van der Waals surface area (Å²) in [6.45, 7) is 19.4. The van der Waals surface area contributed by atoms with Crippen LogP contribution >= 0.6 is 0 Å². The number of benzene rings is 2. The monoisotopic (exact) mass is 688 g/mol. The van der Waals surface area contributed by atoms with Crippen molar-refractivity contribution in [1.29, 1.82) is 0 Å². The Morgan fingerprint density at radius 1 is 0.896 bits per heavy atom. The molecule has 3 fully saturated rings. The Hall–Kier alpha value is -2.04. The van der Waals surface area contributed by atoms with Crippen LogP contribution in [-0.4, -0.2) is 53.6 Å². The van der Waals surface area contributed by atoms with Gasteiger partial charge in [-0.05, 0) is 89.8 Å². The zero-order valence-electron chi connectivity index (χ0n) is 30.9. The van der Waals surface area contributed by atoms with Crippen LogP contribution in [0.25, 0.3) is 0 Å². The Kier molecular flexibility index (Phi) is 9.64. The maximum Gasteiger partial charge on any atom is 0.309 e. The molecule has 262 valence electrons. The van der Waals surface area contributed by atoms with Crippen molar-refractivity contribution >= 4 is 33.0 Å². The normalized spacial score (nSPS) is 32.2. The molecular weight excluding hydrogens is 629 g/mol. The molecule has 48 heavy (non-hydrogen) atoms. The third-order valence-electron chi connectivity index (χ3n) is 13.5. The fraction of sp³-hybridized carbons (Fsp3) is 0.634. The van der Waals surface area contributed by atoms with E-state index < -0.39 is 22.7 Å². The van der Waals surface area contributed by atoms with Crippen molar-refractivity contribution in [3.63, 3.8) is 0 Å². The number of ether oxygens (including phenoxy) is 1. The average molecular weight is 689 g/mol. The summed E-state index contributed by atoms with van der Waals surface area (Å²) in [5, 5.41) is 14.6. The second-order valence-electron chi connectivity index (χ2n) is 17.9. The fourth-order valence-corrected chi connectivity index (χ4v) is 16.5. The zero-order valence-corrected chi connectivity index (χ0v) is 32.9. The summed E-state index contributed by atoms with van der Waals surface area (Å²) in [5.41, 5.74) is 1.15. The lowest BCUT2D eigenvalue weighted by molar-refractivity contribution is -0.168. The van der Waals surface area contributed by atoms with Crippen LogP contribution in [0.15, 0.2) is 72.3 Å². The Labute approximate surface area is 292 Å². The van der Waals surface area contributed by atoms with Gasteiger partial charge in [-0.1, -0.05) is 114 Å². The van der Waals surface area contributed by atoms with Gasteiger partial charge in [-0.25, -0.2) is 0 Å². The van der Waals surface area contributed by atoms with Gasteiger partial charge < -0.3 is 18.7 Å². The van der Waals surface area contributed by atoms with E-state index in [-0.39, 0.29) is 45.3 Å². The highest BCUT2D eigenvalue weighted by Crippen LogP contribution is 2.69. The van der Waals surface area contributed by atoms with E-state index in [1.807, 2.05) is 0 Å². The Balaban J connectivity index is 1.46. The van der Waals surface area contributed by atoms with Crippen LogP contribution in [0.2, 0.25) is 23.2 Å². The molecule has 7 heteroatoms. The molecule has 0 amide bonds. The number of aliphatic hydroxyl groups excluding tert-OH is 1. The Morgan fingerprint density at radius 3 is 2.04 bits per heavy atom. The van der Waals surface area contributed by atoms with Crippen LogP contribution in [0.1, 0.15) is 80.1 Å². The number of carbonyl (C=O) groups is 1. The van der Waals surface area contributed by atoms with Crippen LogP contribution in [-0.2, 0) is 18.4 Å². The number of esters is 1. The van der Waals surface area contributed by atoms with Crippen LogP contribution in [0.5, 0.6) is 0 Å². The van der Waals surface area contributed by atoms with Crippen LogP contribution < -0.4 is 10.4 Å². The molecule has 3 saturated carbocycles. The number of methoxy groups -OCH3 is 1. The minimum absolute atomic E-state index is 0.0103. The highest BCUT2D eigenvalue weighted by molar-refractivity contribution is 6.99. The molecule has 0 aliphatic heterocycles. The number of rotatable bonds is 8. The molecule has 2 aromatic rings. The molecule has 0 radical (unpaired) electrons. The van der Waals surface area contributed by atoms with Crippen LogP contribution in [0, 0.1) is 35.0 Å². The summed E-state index contributed by atoms with van der Waals surface area (Å²) in [6, 6.07) is 21.9. The third kappa shape index (κ3) is 5.73. The molecule has 1 N–H and O–H groups in total. The molecule has 1 unspecified atom stereocenters. The summed E-state index contributed by atoms with van der Waals surface area (Å²) >= 11 is 0. The molecule has 6 rings (SSSR count). The van der Waals surface area contributed by atoms with E-state index in [1.165, 1.54) is 23.1 Å². The topological polar surface area (TPSA) is 65.0 Å². The van der Waals surface area contributed by atoms with E-state index in [2.05, 4.69) is 121 Å². The van der Waals surface area contributed by atoms with E-state index >= 15 is 0 Å². The van der Waals surface area contributed by atoms with Gasteiger partial charge in [-0.3, -0.25) is 4.79 Å². The van der Waals surface area contributed by atoms with Gasteiger partial charge >= 0.3 is 5.97 Å². The van der Waals surface area contributed by atoms with Crippen LogP contribution in [0.4, 0.5) is 0 Å². The zero-order chi connectivity index (χ0) is 34.7. The van der Waals surface area contributed by atoms with E-state index in [1.54, 1.807) is 0 Å². The fourth-order valence-electron chi connectivity index (χ4n) is 10.5. The van der Waals surface area contributed by atoms with Crippen LogP contribution in [0.3, 0.4) is 0 Å². The third-order valence-corrected chi connectivity index (χ3v) is 23.0. The Morgan fingerprint density at radius 2 is 1.50 bits per heavy atom. The molecule has 0 aromatic heterocycles. The molecule has 0 heterocycles. The van der Waals surface area contributed by atoms with E-state index in [0.717, 1.165) is 32.1 Å². The van der Waals surface area contributed by atoms with Gasteiger partial charge in [0.15, 0.2) is 8.32 Å². The summed E-state index contributed by atoms with van der Waals surface area (Å²) in [6.07, 6.45) is 7.00. The Bertz CT molecular complexity index is 1440. The van der Waals surface area contributed by atoms with Gasteiger partial charge in [-0.15, -0.1) is 0 Å². The second-order valence-corrected chi connectivity index (χ2v) is 27.0. The van der Waals surface area contributed by atoms with Crippen molar-refractivity contribution in [2.24, 2.45) is 35.0 Å². The highest BCUT2D eigenvalue weighted by atomic mass is 28.4. The molecule has 0 saturated heterocycles. The predicted molar refractivity (Wildman–Crippen MR) is 199 cm³/mol. The number of allylic oxidation sites excluding steroid dienone is 2. The van der Waals surface area contributed by atoms with E-state index in [9.17, 15) is 9.90 Å². The molecule has 8 atom stereocenters. The summed E-state index contributed by atoms with van der Waals surface area (Å²) in [4.78, 5) is 13.6. The minimum atomic E-state index is -2.75. The van der Waals surface area contributed by atoms with Gasteiger partial charge in [0.05, 0.1) is 25.2 Å². The van der Waals surface area contributed by atoms with Crippen molar-refractivity contribution in [2.45, 2.75) is 115 Å². The predicted octanol–water partition coefficient (Wildman–Crippen LogP) is 7.88. The standard InChI is InChI=1S/C41H60O5Si2/c1-39(2,3)47(8,9)46-35-25-24-34(42)37-33(38(43)44-7)23-21-28-20-22-32-29(26-41(35,37)36(28)32)27-45-48(40(4,5)6,30-16-12-10-13-17-30)31-18-14-11-15-19-31/h10-20,29,32-37,42H,21-27H2,1-9H3/t29-,32+,33+,34-,35?,36+,37+,41+/m0/s1. The number of carbonyl (C=O) groups excluding carboxylic acids is 1. The molecule has 5 nitrogen and oxygen atoms in total. The van der Waals surface area contributed by atoms with Gasteiger partial charge in [0, 0.05) is 17.9 Å². The van der Waals surface area contributed by atoms with E-state index in [0.29, 0.717) is 24.9 Å². The first-order valence-electron chi connectivity index (χ1n) is 18.5.